The Morgan fingerprint density at radius 2 is 2.15 bits per heavy atom. The number of furan rings is 1. The van der Waals surface area contributed by atoms with Crippen molar-refractivity contribution in [2.45, 2.75) is 50.7 Å². The Morgan fingerprint density at radius 3 is 2.80 bits per heavy atom. The first-order valence-corrected chi connectivity index (χ1v) is 8.81. The first kappa shape index (κ1) is 15.5. The molecule has 0 amide bonds. The Balaban J connectivity index is 2.09. The lowest BCUT2D eigenvalue weighted by Gasteiger charge is -2.18. The summed E-state index contributed by atoms with van der Waals surface area (Å²) in [7, 11) is -3.50. The maximum atomic E-state index is 12.5. The Labute approximate surface area is 121 Å². The predicted molar refractivity (Wildman–Crippen MR) is 77.6 cm³/mol. The van der Waals surface area contributed by atoms with E-state index in [1.807, 2.05) is 0 Å². The molecule has 1 saturated heterocycles. The summed E-state index contributed by atoms with van der Waals surface area (Å²) in [6, 6.07) is 3.14. The highest BCUT2D eigenvalue weighted by Crippen LogP contribution is 2.26. The van der Waals surface area contributed by atoms with Crippen LogP contribution in [0.25, 0.3) is 0 Å². The van der Waals surface area contributed by atoms with Crippen LogP contribution in [0.2, 0.25) is 0 Å². The van der Waals surface area contributed by atoms with Gasteiger partial charge in [-0.05, 0) is 37.3 Å². The van der Waals surface area contributed by atoms with Gasteiger partial charge in [-0.2, -0.15) is 4.31 Å². The van der Waals surface area contributed by atoms with Gasteiger partial charge < -0.3 is 10.2 Å². The Kier molecular flexibility index (Phi) is 5.23. The molecule has 2 heterocycles. The van der Waals surface area contributed by atoms with Crippen LogP contribution in [0, 0.1) is 5.92 Å². The van der Waals surface area contributed by atoms with E-state index in [0.717, 1.165) is 25.7 Å². The van der Waals surface area contributed by atoms with Crippen LogP contribution in [0.1, 0.15) is 44.8 Å². The first-order valence-electron chi connectivity index (χ1n) is 7.37. The van der Waals surface area contributed by atoms with E-state index in [1.165, 1.54) is 12.5 Å². The van der Waals surface area contributed by atoms with Gasteiger partial charge >= 0.3 is 0 Å². The zero-order valence-corrected chi connectivity index (χ0v) is 12.9. The second-order valence-electron chi connectivity index (χ2n) is 5.41. The lowest BCUT2D eigenvalue weighted by molar-refractivity contribution is 0.366. The highest BCUT2D eigenvalue weighted by molar-refractivity contribution is 7.89. The molecule has 1 aromatic heterocycles. The molecular weight excluding hydrogens is 276 g/mol. The van der Waals surface area contributed by atoms with Gasteiger partial charge in [0.1, 0.15) is 5.76 Å². The molecule has 1 fully saturated rings. The minimum atomic E-state index is -3.50. The zero-order chi connectivity index (χ0) is 14.6. The van der Waals surface area contributed by atoms with Crippen molar-refractivity contribution in [3.05, 3.63) is 17.9 Å². The summed E-state index contributed by atoms with van der Waals surface area (Å²) < 4.78 is 31.9. The molecule has 1 aliphatic rings. The largest absolute Gasteiger partial charge is 0.447 e. The minimum Gasteiger partial charge on any atom is -0.447 e. The van der Waals surface area contributed by atoms with E-state index >= 15 is 0 Å². The van der Waals surface area contributed by atoms with E-state index in [2.05, 4.69) is 6.92 Å². The molecule has 114 valence electrons. The number of hydrogen-bond donors (Lipinski definition) is 1. The lowest BCUT2D eigenvalue weighted by atomic mass is 9.96. The molecule has 0 saturated carbocycles. The van der Waals surface area contributed by atoms with Crippen LogP contribution in [-0.4, -0.2) is 25.8 Å². The summed E-state index contributed by atoms with van der Waals surface area (Å²) >= 11 is 0. The lowest BCUT2D eigenvalue weighted by Crippen LogP contribution is -2.31. The molecule has 20 heavy (non-hydrogen) atoms. The van der Waals surface area contributed by atoms with Crippen molar-refractivity contribution in [2.75, 3.05) is 13.1 Å². The summed E-state index contributed by atoms with van der Waals surface area (Å²) in [5.41, 5.74) is 5.46. The van der Waals surface area contributed by atoms with Crippen LogP contribution in [0.4, 0.5) is 0 Å². The van der Waals surface area contributed by atoms with Crippen molar-refractivity contribution < 1.29 is 12.8 Å². The molecule has 5 nitrogen and oxygen atoms in total. The van der Waals surface area contributed by atoms with Gasteiger partial charge in [-0.25, -0.2) is 8.42 Å². The van der Waals surface area contributed by atoms with E-state index in [9.17, 15) is 8.42 Å². The first-order chi connectivity index (χ1) is 9.57. The van der Waals surface area contributed by atoms with Crippen LogP contribution >= 0.6 is 0 Å². The molecule has 1 aliphatic heterocycles. The molecule has 1 atom stereocenters. The third-order valence-corrected chi connectivity index (χ3v) is 5.71. The second-order valence-corrected chi connectivity index (χ2v) is 7.28. The third kappa shape index (κ3) is 3.42. The molecule has 0 spiro atoms. The Bertz CT molecular complexity index is 524. The van der Waals surface area contributed by atoms with E-state index < -0.39 is 10.0 Å². The van der Waals surface area contributed by atoms with Crippen molar-refractivity contribution >= 4 is 10.0 Å². The van der Waals surface area contributed by atoms with Crippen molar-refractivity contribution in [1.82, 2.24) is 4.31 Å². The molecule has 1 unspecified atom stereocenters. The fourth-order valence-electron chi connectivity index (χ4n) is 2.81. The summed E-state index contributed by atoms with van der Waals surface area (Å²) in [6.07, 6.45) is 5.33. The fourth-order valence-corrected chi connectivity index (χ4v) is 4.23. The zero-order valence-electron chi connectivity index (χ0n) is 12.0. The molecule has 1 aromatic rings. The molecule has 0 radical (unpaired) electrons. The maximum Gasteiger partial charge on any atom is 0.276 e. The molecule has 0 aromatic carbocycles. The monoisotopic (exact) mass is 300 g/mol. The normalized spacial score (nSPS) is 21.8. The summed E-state index contributed by atoms with van der Waals surface area (Å²) in [5.74, 6) is 1.15. The minimum absolute atomic E-state index is 0.0203. The number of hydrogen-bond acceptors (Lipinski definition) is 4. The molecule has 2 N–H and O–H groups in total. The standard InChI is InChI=1S/C14H24N2O3S/c1-2-4-12-5-3-9-16(10-8-12)20(17,18)14-7-6-13(11-15)19-14/h6-7,12H,2-5,8-11,15H2,1H3. The summed E-state index contributed by atoms with van der Waals surface area (Å²) in [6.45, 7) is 3.57. The van der Waals surface area contributed by atoms with Crippen LogP contribution in [0.3, 0.4) is 0 Å². The average molecular weight is 300 g/mol. The molecular formula is C14H24N2O3S. The number of nitrogens with two attached hydrogens (primary N) is 1. The van der Waals surface area contributed by atoms with E-state index in [-0.39, 0.29) is 11.6 Å². The van der Waals surface area contributed by atoms with Crippen molar-refractivity contribution in [1.29, 1.82) is 0 Å². The van der Waals surface area contributed by atoms with E-state index in [0.29, 0.717) is 24.8 Å². The molecule has 2 rings (SSSR count). The summed E-state index contributed by atoms with van der Waals surface area (Å²) in [5, 5.41) is 0.0203. The summed E-state index contributed by atoms with van der Waals surface area (Å²) in [4.78, 5) is 0. The van der Waals surface area contributed by atoms with Gasteiger partial charge in [0.2, 0.25) is 5.09 Å². The van der Waals surface area contributed by atoms with Gasteiger partial charge in [0.15, 0.2) is 0 Å². The number of nitrogens with zero attached hydrogens (tertiary/aromatic N) is 1. The molecule has 0 bridgehead atoms. The van der Waals surface area contributed by atoms with Gasteiger partial charge in [-0.1, -0.05) is 19.8 Å². The smallest absolute Gasteiger partial charge is 0.276 e. The van der Waals surface area contributed by atoms with Gasteiger partial charge in [0.05, 0.1) is 6.54 Å². The third-order valence-electron chi connectivity index (χ3n) is 3.94. The predicted octanol–water partition coefficient (Wildman–Crippen LogP) is 2.33. The van der Waals surface area contributed by atoms with Gasteiger partial charge in [0.25, 0.3) is 10.0 Å². The van der Waals surface area contributed by atoms with Crippen LogP contribution in [0.15, 0.2) is 21.6 Å². The van der Waals surface area contributed by atoms with Crippen molar-refractivity contribution in [3.63, 3.8) is 0 Å². The fraction of sp³-hybridized carbons (Fsp3) is 0.714. The highest BCUT2D eigenvalue weighted by atomic mass is 32.2. The maximum absolute atomic E-state index is 12.5. The SMILES string of the molecule is CCCC1CCCN(S(=O)(=O)c2ccc(CN)o2)CC1. The number of rotatable bonds is 5. The van der Waals surface area contributed by atoms with Gasteiger partial charge in [0, 0.05) is 13.1 Å². The average Bonchev–Trinajstić information content (AvgIpc) is 2.80. The van der Waals surface area contributed by atoms with Gasteiger partial charge in [-0.3, -0.25) is 0 Å². The Morgan fingerprint density at radius 1 is 1.35 bits per heavy atom. The topological polar surface area (TPSA) is 76.5 Å². The van der Waals surface area contributed by atoms with Crippen LogP contribution in [0.5, 0.6) is 0 Å². The van der Waals surface area contributed by atoms with Crippen molar-refractivity contribution in [2.24, 2.45) is 11.7 Å². The second kappa shape index (κ2) is 6.74. The van der Waals surface area contributed by atoms with Crippen LogP contribution < -0.4 is 5.73 Å². The van der Waals surface area contributed by atoms with Crippen LogP contribution in [-0.2, 0) is 16.6 Å². The van der Waals surface area contributed by atoms with E-state index in [1.54, 1.807) is 10.4 Å². The highest BCUT2D eigenvalue weighted by Gasteiger charge is 2.29. The molecule has 6 heteroatoms. The van der Waals surface area contributed by atoms with Crippen molar-refractivity contribution in [3.8, 4) is 0 Å². The molecule has 0 aliphatic carbocycles. The Hall–Kier alpha value is -0.850. The van der Waals surface area contributed by atoms with Gasteiger partial charge in [-0.15, -0.1) is 0 Å². The van der Waals surface area contributed by atoms with E-state index in [4.69, 9.17) is 10.2 Å². The quantitative estimate of drug-likeness (QED) is 0.905. The number of sulfonamides is 1.